The highest BCUT2D eigenvalue weighted by Gasteiger charge is 2.13. The van der Waals surface area contributed by atoms with Crippen molar-refractivity contribution in [2.75, 3.05) is 5.32 Å². The number of nitro groups is 1. The molecule has 0 saturated carbocycles. The Morgan fingerprint density at radius 3 is 2.68 bits per heavy atom. The van der Waals surface area contributed by atoms with E-state index in [0.29, 0.717) is 0 Å². The van der Waals surface area contributed by atoms with E-state index in [-0.39, 0.29) is 22.5 Å². The van der Waals surface area contributed by atoms with E-state index in [2.05, 4.69) is 21.2 Å². The molecule has 0 fully saturated rings. The van der Waals surface area contributed by atoms with Gasteiger partial charge in [0.05, 0.1) is 18.3 Å². The van der Waals surface area contributed by atoms with Crippen molar-refractivity contribution >= 4 is 27.5 Å². The van der Waals surface area contributed by atoms with Crippen LogP contribution in [0.2, 0.25) is 0 Å². The van der Waals surface area contributed by atoms with E-state index < -0.39 is 22.4 Å². The first kappa shape index (κ1) is 13.5. The Bertz CT molecular complexity index is 607. The molecule has 1 N–H and O–H groups in total. The van der Waals surface area contributed by atoms with Crippen molar-refractivity contribution in [2.24, 2.45) is 0 Å². The van der Waals surface area contributed by atoms with Crippen LogP contribution in [0.5, 0.6) is 0 Å². The van der Waals surface area contributed by atoms with Crippen LogP contribution in [-0.4, -0.2) is 4.92 Å². The number of hydrogen-bond donors (Lipinski definition) is 1. The molecule has 0 bridgehead atoms. The van der Waals surface area contributed by atoms with Gasteiger partial charge in [0.2, 0.25) is 0 Å². The summed E-state index contributed by atoms with van der Waals surface area (Å²) in [6.45, 7) is 0.0367. The van der Waals surface area contributed by atoms with E-state index in [0.717, 1.165) is 12.1 Å². The van der Waals surface area contributed by atoms with Crippen LogP contribution < -0.4 is 5.32 Å². The van der Waals surface area contributed by atoms with Crippen LogP contribution in [-0.2, 0) is 6.54 Å². The Labute approximate surface area is 114 Å². The molecule has 19 heavy (non-hydrogen) atoms. The highest BCUT2D eigenvalue weighted by Crippen LogP contribution is 2.27. The van der Waals surface area contributed by atoms with Crippen LogP contribution in [0.15, 0.2) is 33.2 Å². The van der Waals surface area contributed by atoms with Gasteiger partial charge in [-0.15, -0.1) is 0 Å². The largest absolute Gasteiger partial charge is 0.433 e. The Balaban J connectivity index is 2.12. The second-order valence-electron chi connectivity index (χ2n) is 3.60. The number of halogens is 3. The van der Waals surface area contributed by atoms with Crippen molar-refractivity contribution in [3.63, 3.8) is 0 Å². The number of benzene rings is 1. The first-order chi connectivity index (χ1) is 8.97. The van der Waals surface area contributed by atoms with E-state index in [4.69, 9.17) is 4.42 Å². The van der Waals surface area contributed by atoms with E-state index in [1.165, 1.54) is 12.1 Å². The van der Waals surface area contributed by atoms with Crippen molar-refractivity contribution in [1.82, 2.24) is 0 Å². The monoisotopic (exact) mass is 332 g/mol. The molecule has 5 nitrogen and oxygen atoms in total. The van der Waals surface area contributed by atoms with E-state index in [9.17, 15) is 18.9 Å². The number of nitrogens with one attached hydrogen (secondary N) is 1. The normalized spacial score (nSPS) is 10.5. The molecule has 0 saturated heterocycles. The van der Waals surface area contributed by atoms with Crippen molar-refractivity contribution in [3.05, 3.63) is 56.2 Å². The zero-order valence-electron chi connectivity index (χ0n) is 9.32. The molecule has 0 aliphatic carbocycles. The minimum Gasteiger partial charge on any atom is -0.404 e. The molecular formula is C11H7BrF2N2O3. The molecule has 100 valence electrons. The van der Waals surface area contributed by atoms with Crippen molar-refractivity contribution in [2.45, 2.75) is 6.54 Å². The third-order valence-corrected chi connectivity index (χ3v) is 2.90. The topological polar surface area (TPSA) is 68.3 Å². The maximum Gasteiger partial charge on any atom is 0.433 e. The SMILES string of the molecule is O=[N+]([O-])c1ccc(CNc2c(F)cc(F)cc2Br)o1. The lowest BCUT2D eigenvalue weighted by atomic mass is 10.3. The molecule has 0 radical (unpaired) electrons. The van der Waals surface area contributed by atoms with Gasteiger partial charge in [0.1, 0.15) is 22.3 Å². The average Bonchev–Trinajstić information content (AvgIpc) is 2.76. The number of furan rings is 1. The minimum absolute atomic E-state index is 0.0367. The molecule has 1 aromatic carbocycles. The van der Waals surface area contributed by atoms with Gasteiger partial charge >= 0.3 is 5.88 Å². The van der Waals surface area contributed by atoms with Crippen LogP contribution in [0, 0.1) is 21.7 Å². The molecule has 2 aromatic rings. The van der Waals surface area contributed by atoms with Crippen LogP contribution >= 0.6 is 15.9 Å². The highest BCUT2D eigenvalue weighted by atomic mass is 79.9. The number of rotatable bonds is 4. The van der Waals surface area contributed by atoms with E-state index in [1.807, 2.05) is 0 Å². The summed E-state index contributed by atoms with van der Waals surface area (Å²) in [4.78, 5) is 9.75. The summed E-state index contributed by atoms with van der Waals surface area (Å²) in [5, 5.41) is 13.1. The fourth-order valence-corrected chi connectivity index (χ4v) is 1.99. The maximum atomic E-state index is 13.5. The third kappa shape index (κ3) is 3.08. The Hall–Kier alpha value is -1.96. The van der Waals surface area contributed by atoms with Crippen LogP contribution in [0.25, 0.3) is 0 Å². The summed E-state index contributed by atoms with van der Waals surface area (Å²) in [6.07, 6.45) is 0. The van der Waals surface area contributed by atoms with Crippen LogP contribution in [0.1, 0.15) is 5.76 Å². The quantitative estimate of drug-likeness (QED) is 0.682. The van der Waals surface area contributed by atoms with Gasteiger partial charge in [-0.3, -0.25) is 10.1 Å². The van der Waals surface area contributed by atoms with Crippen LogP contribution in [0.4, 0.5) is 20.4 Å². The van der Waals surface area contributed by atoms with E-state index in [1.54, 1.807) is 0 Å². The maximum absolute atomic E-state index is 13.5. The summed E-state index contributed by atoms with van der Waals surface area (Å²) in [5.41, 5.74) is 0.0560. The predicted octanol–water partition coefficient (Wildman–Crippen LogP) is 3.84. The summed E-state index contributed by atoms with van der Waals surface area (Å²) >= 11 is 3.02. The Kier molecular flexibility index (Phi) is 3.79. The molecule has 1 heterocycles. The van der Waals surface area contributed by atoms with Crippen LogP contribution in [0.3, 0.4) is 0 Å². The van der Waals surface area contributed by atoms with Gasteiger partial charge in [0, 0.05) is 10.5 Å². The standard InChI is InChI=1S/C11H7BrF2N2O3/c12-8-3-6(13)4-9(14)11(8)15-5-7-1-2-10(19-7)16(17)18/h1-4,15H,5H2. The summed E-state index contributed by atoms with van der Waals surface area (Å²) in [6, 6.07) is 4.45. The van der Waals surface area contributed by atoms with Gasteiger partial charge in [0.15, 0.2) is 0 Å². The number of anilines is 1. The third-order valence-electron chi connectivity index (χ3n) is 2.27. The Morgan fingerprint density at radius 2 is 2.11 bits per heavy atom. The number of hydrogen-bond acceptors (Lipinski definition) is 4. The highest BCUT2D eigenvalue weighted by molar-refractivity contribution is 9.10. The molecule has 8 heteroatoms. The van der Waals surface area contributed by atoms with E-state index >= 15 is 0 Å². The first-order valence-corrected chi connectivity index (χ1v) is 5.88. The van der Waals surface area contributed by atoms with Gasteiger partial charge in [0.25, 0.3) is 0 Å². The zero-order chi connectivity index (χ0) is 14.0. The molecule has 0 aliphatic heterocycles. The minimum atomic E-state index is -0.770. The fourth-order valence-electron chi connectivity index (χ4n) is 1.45. The zero-order valence-corrected chi connectivity index (χ0v) is 10.9. The van der Waals surface area contributed by atoms with Crippen molar-refractivity contribution in [3.8, 4) is 0 Å². The van der Waals surface area contributed by atoms with Crippen molar-refractivity contribution < 1.29 is 18.1 Å². The van der Waals surface area contributed by atoms with Crippen molar-refractivity contribution in [1.29, 1.82) is 0 Å². The summed E-state index contributed by atoms with van der Waals surface area (Å²) < 4.78 is 31.5. The molecule has 2 rings (SSSR count). The molecule has 0 atom stereocenters. The molecule has 0 unspecified atom stereocenters. The molecule has 1 aromatic heterocycles. The average molecular weight is 333 g/mol. The second-order valence-corrected chi connectivity index (χ2v) is 4.45. The van der Waals surface area contributed by atoms with Gasteiger partial charge in [-0.05, 0) is 28.1 Å². The smallest absolute Gasteiger partial charge is 0.404 e. The van der Waals surface area contributed by atoms with Gasteiger partial charge in [-0.1, -0.05) is 0 Å². The first-order valence-electron chi connectivity index (χ1n) is 5.09. The van der Waals surface area contributed by atoms with Gasteiger partial charge < -0.3 is 9.73 Å². The van der Waals surface area contributed by atoms with Gasteiger partial charge in [-0.2, -0.15) is 0 Å². The molecule has 0 amide bonds. The molecular weight excluding hydrogens is 326 g/mol. The predicted molar refractivity (Wildman–Crippen MR) is 66.7 cm³/mol. The lowest BCUT2D eigenvalue weighted by molar-refractivity contribution is -0.402. The lowest BCUT2D eigenvalue weighted by Crippen LogP contribution is -2.02. The van der Waals surface area contributed by atoms with Gasteiger partial charge in [-0.25, -0.2) is 8.78 Å². The summed E-state index contributed by atoms with van der Waals surface area (Å²) in [5.74, 6) is -1.60. The molecule has 0 spiro atoms. The Morgan fingerprint density at radius 1 is 1.37 bits per heavy atom. The second kappa shape index (κ2) is 5.35. The fraction of sp³-hybridized carbons (Fsp3) is 0.0909. The number of nitrogens with zero attached hydrogens (tertiary/aromatic N) is 1. The summed E-state index contributed by atoms with van der Waals surface area (Å²) in [7, 11) is 0. The lowest BCUT2D eigenvalue weighted by Gasteiger charge is -2.08. The molecule has 0 aliphatic rings.